The van der Waals surface area contributed by atoms with Crippen molar-refractivity contribution in [2.75, 3.05) is 0 Å². The molecule has 0 aliphatic rings. The van der Waals surface area contributed by atoms with Crippen LogP contribution in [0, 0.1) is 0 Å². The molecular weight excluding hydrogens is 478 g/mol. The first-order valence-corrected chi connectivity index (χ1v) is 13.1. The van der Waals surface area contributed by atoms with Crippen molar-refractivity contribution < 1.29 is 18.3 Å². The van der Waals surface area contributed by atoms with Crippen LogP contribution in [0.4, 0.5) is 0 Å². The van der Waals surface area contributed by atoms with Crippen molar-refractivity contribution in [1.29, 1.82) is 0 Å². The van der Waals surface area contributed by atoms with Crippen molar-refractivity contribution in [2.45, 2.75) is 43.5 Å². The number of hydrogen-bond acceptors (Lipinski definition) is 6. The third kappa shape index (κ3) is 6.21. The van der Waals surface area contributed by atoms with Gasteiger partial charge >= 0.3 is 5.97 Å². The number of aryl methyl sites for hydroxylation is 1. The summed E-state index contributed by atoms with van der Waals surface area (Å²) in [5, 5.41) is 21.9. The molecule has 0 spiro atoms. The summed E-state index contributed by atoms with van der Waals surface area (Å²) in [6.07, 6.45) is 2.92. The minimum absolute atomic E-state index is 0.00706. The molecule has 1 heterocycles. The number of aromatic nitrogens is 4. The molecule has 1 aromatic heterocycles. The Bertz CT molecular complexity index is 1400. The number of carboxylic acids is 1. The van der Waals surface area contributed by atoms with Crippen LogP contribution in [0.1, 0.15) is 43.4 Å². The maximum Gasteiger partial charge on any atom is 0.305 e. The van der Waals surface area contributed by atoms with E-state index in [2.05, 4.69) is 27.1 Å². The molecule has 0 saturated carbocycles. The van der Waals surface area contributed by atoms with E-state index in [-0.39, 0.29) is 11.3 Å². The molecule has 2 N–H and O–H groups in total. The third-order valence-corrected chi connectivity index (χ3v) is 7.19. The standard InChI is InChI=1S/C26H27N5O4S/c1-2-3-7-19-10-14-22(15-11-19)31-28-26(27-30-31)21-12-16-23(17-13-21)36(34,35)29-24(18-25(32)33)20-8-5-4-6-9-20/h4-6,8-17,24,29H,2-3,7,18H2,1H3,(H,32,33). The fourth-order valence-corrected chi connectivity index (χ4v) is 4.97. The molecule has 0 amide bonds. The fourth-order valence-electron chi connectivity index (χ4n) is 3.74. The van der Waals surface area contributed by atoms with Gasteiger partial charge in [0.15, 0.2) is 0 Å². The highest BCUT2D eigenvalue weighted by molar-refractivity contribution is 7.89. The van der Waals surface area contributed by atoms with Crippen molar-refractivity contribution in [3.63, 3.8) is 0 Å². The van der Waals surface area contributed by atoms with Crippen LogP contribution in [-0.4, -0.2) is 39.7 Å². The minimum atomic E-state index is -3.98. The zero-order valence-corrected chi connectivity index (χ0v) is 20.6. The lowest BCUT2D eigenvalue weighted by atomic mass is 10.1. The number of sulfonamides is 1. The molecule has 186 valence electrons. The quantitative estimate of drug-likeness (QED) is 0.313. The van der Waals surface area contributed by atoms with Crippen LogP contribution in [0.25, 0.3) is 17.1 Å². The highest BCUT2D eigenvalue weighted by Crippen LogP contribution is 2.23. The molecule has 1 unspecified atom stereocenters. The third-order valence-electron chi connectivity index (χ3n) is 5.70. The zero-order chi connectivity index (χ0) is 25.5. The van der Waals surface area contributed by atoms with E-state index in [1.807, 2.05) is 24.3 Å². The van der Waals surface area contributed by atoms with E-state index >= 15 is 0 Å². The van der Waals surface area contributed by atoms with Crippen molar-refractivity contribution >= 4 is 16.0 Å². The summed E-state index contributed by atoms with van der Waals surface area (Å²) >= 11 is 0. The van der Waals surface area contributed by atoms with Crippen molar-refractivity contribution in [3.05, 3.63) is 90.0 Å². The van der Waals surface area contributed by atoms with Crippen LogP contribution in [0.5, 0.6) is 0 Å². The van der Waals surface area contributed by atoms with E-state index in [0.717, 1.165) is 24.9 Å². The Morgan fingerprint density at radius 3 is 2.33 bits per heavy atom. The summed E-state index contributed by atoms with van der Waals surface area (Å²) in [5.74, 6) is -0.748. The average molecular weight is 506 g/mol. The number of benzene rings is 3. The first-order valence-electron chi connectivity index (χ1n) is 11.6. The van der Waals surface area contributed by atoms with Gasteiger partial charge in [-0.3, -0.25) is 4.79 Å². The maximum absolute atomic E-state index is 13.0. The smallest absolute Gasteiger partial charge is 0.305 e. The van der Waals surface area contributed by atoms with Gasteiger partial charge in [0.2, 0.25) is 15.8 Å². The van der Waals surface area contributed by atoms with E-state index < -0.39 is 22.0 Å². The highest BCUT2D eigenvalue weighted by atomic mass is 32.2. The van der Waals surface area contributed by atoms with Gasteiger partial charge in [-0.1, -0.05) is 55.8 Å². The largest absolute Gasteiger partial charge is 0.481 e. The number of tetrazole rings is 1. The lowest BCUT2D eigenvalue weighted by Gasteiger charge is -2.17. The van der Waals surface area contributed by atoms with E-state index in [1.54, 1.807) is 42.5 Å². The average Bonchev–Trinajstić information content (AvgIpc) is 3.38. The van der Waals surface area contributed by atoms with Gasteiger partial charge < -0.3 is 5.11 Å². The van der Waals surface area contributed by atoms with E-state index in [1.165, 1.54) is 22.5 Å². The second-order valence-corrected chi connectivity index (χ2v) is 10.1. The topological polar surface area (TPSA) is 127 Å². The normalized spacial score (nSPS) is 12.4. The van der Waals surface area contributed by atoms with E-state index in [4.69, 9.17) is 0 Å². The van der Waals surface area contributed by atoms with Gasteiger partial charge in [-0.05, 0) is 65.6 Å². The van der Waals surface area contributed by atoms with Crippen LogP contribution in [0.3, 0.4) is 0 Å². The van der Waals surface area contributed by atoms with Gasteiger partial charge in [0.1, 0.15) is 0 Å². The number of hydrogen-bond donors (Lipinski definition) is 2. The summed E-state index contributed by atoms with van der Waals surface area (Å²) in [4.78, 5) is 12.8. The Balaban J connectivity index is 1.49. The van der Waals surface area contributed by atoms with Crippen molar-refractivity contribution in [2.24, 2.45) is 0 Å². The van der Waals surface area contributed by atoms with Crippen molar-refractivity contribution in [1.82, 2.24) is 24.9 Å². The molecule has 4 rings (SSSR count). The molecule has 9 nitrogen and oxygen atoms in total. The number of nitrogens with zero attached hydrogens (tertiary/aromatic N) is 4. The Kier molecular flexibility index (Phi) is 7.87. The van der Waals surface area contributed by atoms with Gasteiger partial charge in [0.05, 0.1) is 23.0 Å². The van der Waals surface area contributed by atoms with Crippen LogP contribution in [-0.2, 0) is 21.2 Å². The maximum atomic E-state index is 13.0. The molecule has 0 radical (unpaired) electrons. The number of carboxylic acid groups (broad SMARTS) is 1. The molecule has 0 aliphatic heterocycles. The molecule has 0 aliphatic carbocycles. The molecule has 3 aromatic carbocycles. The summed E-state index contributed by atoms with van der Waals surface area (Å²) in [6, 6.07) is 21.8. The lowest BCUT2D eigenvalue weighted by molar-refractivity contribution is -0.137. The molecule has 36 heavy (non-hydrogen) atoms. The predicted molar refractivity (Wildman–Crippen MR) is 135 cm³/mol. The van der Waals surface area contributed by atoms with Gasteiger partial charge in [0.25, 0.3) is 0 Å². The van der Waals surface area contributed by atoms with Gasteiger partial charge in [-0.15, -0.1) is 15.0 Å². The van der Waals surface area contributed by atoms with Crippen LogP contribution in [0.2, 0.25) is 0 Å². The first-order chi connectivity index (χ1) is 17.4. The SMILES string of the molecule is CCCCc1ccc(-n2nnc(-c3ccc(S(=O)(=O)NC(CC(=O)O)c4ccccc4)cc3)n2)cc1. The molecule has 0 bridgehead atoms. The molecular formula is C26H27N5O4S. The Morgan fingerprint density at radius 2 is 1.69 bits per heavy atom. The second kappa shape index (κ2) is 11.2. The molecule has 4 aromatic rings. The van der Waals surface area contributed by atoms with E-state index in [9.17, 15) is 18.3 Å². The van der Waals surface area contributed by atoms with Gasteiger partial charge in [0, 0.05) is 5.56 Å². The van der Waals surface area contributed by atoms with Gasteiger partial charge in [-0.25, -0.2) is 13.1 Å². The molecule has 0 saturated heterocycles. The van der Waals surface area contributed by atoms with Crippen LogP contribution < -0.4 is 4.72 Å². The molecule has 0 fully saturated rings. The monoisotopic (exact) mass is 505 g/mol. The predicted octanol–water partition coefficient (Wildman–Crippen LogP) is 4.17. The second-order valence-electron chi connectivity index (χ2n) is 8.38. The lowest BCUT2D eigenvalue weighted by Crippen LogP contribution is -2.30. The highest BCUT2D eigenvalue weighted by Gasteiger charge is 2.24. The van der Waals surface area contributed by atoms with Crippen LogP contribution in [0.15, 0.2) is 83.8 Å². The summed E-state index contributed by atoms with van der Waals surface area (Å²) in [7, 11) is -3.98. The first kappa shape index (κ1) is 25.2. The number of nitrogens with one attached hydrogen (secondary N) is 1. The zero-order valence-electron chi connectivity index (χ0n) is 19.8. The number of aliphatic carboxylic acids is 1. The fraction of sp³-hybridized carbons (Fsp3) is 0.231. The summed E-state index contributed by atoms with van der Waals surface area (Å²) in [6.45, 7) is 2.16. The molecule has 1 atom stereocenters. The Morgan fingerprint density at radius 1 is 1.00 bits per heavy atom. The minimum Gasteiger partial charge on any atom is -0.481 e. The Hall–Kier alpha value is -3.89. The number of rotatable bonds is 11. The van der Waals surface area contributed by atoms with Crippen LogP contribution >= 0.6 is 0 Å². The number of unbranched alkanes of at least 4 members (excludes halogenated alkanes) is 1. The molecule has 10 heteroatoms. The summed E-state index contributed by atoms with van der Waals surface area (Å²) in [5.41, 5.74) is 3.20. The summed E-state index contributed by atoms with van der Waals surface area (Å²) < 4.78 is 28.5. The van der Waals surface area contributed by atoms with Gasteiger partial charge in [-0.2, -0.15) is 0 Å². The van der Waals surface area contributed by atoms with E-state index in [0.29, 0.717) is 17.0 Å². The Labute approximate surface area is 209 Å². The van der Waals surface area contributed by atoms with Crippen molar-refractivity contribution in [3.8, 4) is 17.1 Å². The number of carbonyl (C=O) groups is 1.